The molecular formula is C10H14N2O7. The summed E-state index contributed by atoms with van der Waals surface area (Å²) in [6.07, 6.45) is -3.34. The standard InChI is InChI=1S/C10H14N2O7/c1-17-18-4-5-7(14)8(15)9(19-5)12-3-2-6(13)11-10(12)16/h2-3,5,7-9,14-15H,4H2,1H3,(H,11,13,16)/t5-,7-,8-,9-/m1/s1. The number of aliphatic hydroxyl groups is 2. The van der Waals surface area contributed by atoms with Crippen molar-refractivity contribution in [1.29, 1.82) is 0 Å². The highest BCUT2D eigenvalue weighted by molar-refractivity contribution is 4.92. The van der Waals surface area contributed by atoms with Gasteiger partial charge in [-0.1, -0.05) is 0 Å². The van der Waals surface area contributed by atoms with Crippen molar-refractivity contribution in [2.45, 2.75) is 24.5 Å². The van der Waals surface area contributed by atoms with E-state index in [1.807, 2.05) is 4.98 Å². The van der Waals surface area contributed by atoms with Gasteiger partial charge >= 0.3 is 5.69 Å². The van der Waals surface area contributed by atoms with Crippen LogP contribution in [0.25, 0.3) is 0 Å². The average Bonchev–Trinajstić information content (AvgIpc) is 2.64. The second kappa shape index (κ2) is 5.63. The second-order valence-electron chi connectivity index (χ2n) is 4.01. The summed E-state index contributed by atoms with van der Waals surface area (Å²) in [4.78, 5) is 33.6. The third-order valence-corrected chi connectivity index (χ3v) is 2.81. The molecule has 0 aliphatic carbocycles. The fourth-order valence-corrected chi connectivity index (χ4v) is 1.86. The van der Waals surface area contributed by atoms with Crippen molar-refractivity contribution in [2.24, 2.45) is 0 Å². The Kier molecular flexibility index (Phi) is 4.12. The highest BCUT2D eigenvalue weighted by atomic mass is 17.2. The Morgan fingerprint density at radius 1 is 1.42 bits per heavy atom. The van der Waals surface area contributed by atoms with Gasteiger partial charge in [0.15, 0.2) is 6.23 Å². The Labute approximate surface area is 106 Å². The first-order valence-electron chi connectivity index (χ1n) is 5.53. The quantitative estimate of drug-likeness (QED) is 0.418. The van der Waals surface area contributed by atoms with Crippen LogP contribution in [0.3, 0.4) is 0 Å². The molecule has 1 aromatic rings. The molecule has 9 heteroatoms. The summed E-state index contributed by atoms with van der Waals surface area (Å²) in [5, 5.41) is 19.6. The first kappa shape index (κ1) is 13.9. The third kappa shape index (κ3) is 2.74. The smallest absolute Gasteiger partial charge is 0.330 e. The van der Waals surface area contributed by atoms with Gasteiger partial charge in [-0.25, -0.2) is 14.6 Å². The number of aromatic nitrogens is 2. The van der Waals surface area contributed by atoms with Gasteiger partial charge in [-0.05, 0) is 0 Å². The van der Waals surface area contributed by atoms with Gasteiger partial charge < -0.3 is 14.9 Å². The highest BCUT2D eigenvalue weighted by Crippen LogP contribution is 2.28. The van der Waals surface area contributed by atoms with Crippen molar-refractivity contribution in [3.63, 3.8) is 0 Å². The zero-order valence-corrected chi connectivity index (χ0v) is 10.1. The van der Waals surface area contributed by atoms with E-state index < -0.39 is 35.8 Å². The van der Waals surface area contributed by atoms with Gasteiger partial charge in [-0.15, -0.1) is 0 Å². The number of rotatable bonds is 4. The first-order chi connectivity index (χ1) is 9.04. The molecule has 0 radical (unpaired) electrons. The van der Waals surface area contributed by atoms with Crippen LogP contribution in [-0.4, -0.2) is 51.8 Å². The Morgan fingerprint density at radius 3 is 2.79 bits per heavy atom. The van der Waals surface area contributed by atoms with Gasteiger partial charge in [0, 0.05) is 12.3 Å². The lowest BCUT2D eigenvalue weighted by Gasteiger charge is -2.16. The predicted molar refractivity (Wildman–Crippen MR) is 60.2 cm³/mol. The Morgan fingerprint density at radius 2 is 2.16 bits per heavy atom. The summed E-state index contributed by atoms with van der Waals surface area (Å²) in [6.45, 7) is -0.108. The molecule has 1 aliphatic heterocycles. The zero-order valence-electron chi connectivity index (χ0n) is 10.1. The molecule has 1 aromatic heterocycles. The van der Waals surface area contributed by atoms with Gasteiger partial charge in [0.25, 0.3) is 5.56 Å². The minimum atomic E-state index is -1.32. The molecule has 19 heavy (non-hydrogen) atoms. The van der Waals surface area contributed by atoms with Crippen LogP contribution in [0.5, 0.6) is 0 Å². The van der Waals surface area contributed by atoms with Crippen LogP contribution in [0.4, 0.5) is 0 Å². The van der Waals surface area contributed by atoms with E-state index in [2.05, 4.69) is 9.78 Å². The maximum absolute atomic E-state index is 11.6. The van der Waals surface area contributed by atoms with Crippen LogP contribution in [-0.2, 0) is 14.5 Å². The van der Waals surface area contributed by atoms with Crippen molar-refractivity contribution in [3.05, 3.63) is 33.1 Å². The molecule has 2 heterocycles. The zero-order chi connectivity index (χ0) is 14.0. The van der Waals surface area contributed by atoms with E-state index in [4.69, 9.17) is 4.74 Å². The van der Waals surface area contributed by atoms with Gasteiger partial charge in [0.1, 0.15) is 24.9 Å². The summed E-state index contributed by atoms with van der Waals surface area (Å²) in [7, 11) is 1.29. The molecule has 0 spiro atoms. The lowest BCUT2D eigenvalue weighted by atomic mass is 10.1. The maximum Gasteiger partial charge on any atom is 0.330 e. The third-order valence-electron chi connectivity index (χ3n) is 2.81. The molecule has 0 aromatic carbocycles. The molecule has 0 amide bonds. The monoisotopic (exact) mass is 274 g/mol. The van der Waals surface area contributed by atoms with Crippen molar-refractivity contribution in [2.75, 3.05) is 13.7 Å². The number of H-pyrrole nitrogens is 1. The topological polar surface area (TPSA) is 123 Å². The number of nitrogens with one attached hydrogen (secondary N) is 1. The molecule has 4 atom stereocenters. The van der Waals surface area contributed by atoms with Crippen LogP contribution in [0, 0.1) is 0 Å². The van der Waals surface area contributed by atoms with E-state index in [9.17, 15) is 19.8 Å². The predicted octanol–water partition coefficient (Wildman–Crippen LogP) is -2.27. The molecule has 0 unspecified atom stereocenters. The molecule has 1 saturated heterocycles. The van der Waals surface area contributed by atoms with E-state index >= 15 is 0 Å². The van der Waals surface area contributed by atoms with Gasteiger partial charge in [0.2, 0.25) is 0 Å². The molecule has 1 aliphatic rings. The summed E-state index contributed by atoms with van der Waals surface area (Å²) in [5.41, 5.74) is -1.30. The second-order valence-corrected chi connectivity index (χ2v) is 4.01. The summed E-state index contributed by atoms with van der Waals surface area (Å²) in [6, 6.07) is 1.11. The number of aromatic amines is 1. The van der Waals surface area contributed by atoms with E-state index in [0.29, 0.717) is 0 Å². The normalized spacial score (nSPS) is 30.7. The number of hydrogen-bond acceptors (Lipinski definition) is 7. The molecule has 3 N–H and O–H groups in total. The summed E-state index contributed by atoms with van der Waals surface area (Å²) in [5.74, 6) is 0. The Hall–Kier alpha value is -1.52. The minimum absolute atomic E-state index is 0.108. The number of ether oxygens (including phenoxy) is 1. The number of hydrogen-bond donors (Lipinski definition) is 3. The van der Waals surface area contributed by atoms with Gasteiger partial charge in [0.05, 0.1) is 7.11 Å². The number of nitrogens with zero attached hydrogens (tertiary/aromatic N) is 1. The van der Waals surface area contributed by atoms with Crippen LogP contribution < -0.4 is 11.2 Å². The van der Waals surface area contributed by atoms with Crippen LogP contribution in [0.2, 0.25) is 0 Å². The molecule has 0 bridgehead atoms. The van der Waals surface area contributed by atoms with Gasteiger partial charge in [-0.2, -0.15) is 0 Å². The van der Waals surface area contributed by atoms with E-state index in [1.165, 1.54) is 13.3 Å². The van der Waals surface area contributed by atoms with E-state index in [0.717, 1.165) is 10.6 Å². The molecule has 2 rings (SSSR count). The SMILES string of the molecule is COOC[C@H]1O[C@@H](n2ccc(=O)[nH]c2=O)[C@H](O)[C@@H]1O. The van der Waals surface area contributed by atoms with Crippen LogP contribution >= 0.6 is 0 Å². The van der Waals surface area contributed by atoms with Crippen LogP contribution in [0.15, 0.2) is 21.9 Å². The molecule has 106 valence electrons. The average molecular weight is 274 g/mol. The Bertz CT molecular complexity index is 539. The van der Waals surface area contributed by atoms with E-state index in [1.54, 1.807) is 0 Å². The lowest BCUT2D eigenvalue weighted by molar-refractivity contribution is -0.290. The number of aliphatic hydroxyl groups excluding tert-OH is 2. The van der Waals surface area contributed by atoms with Gasteiger partial charge in [-0.3, -0.25) is 14.3 Å². The van der Waals surface area contributed by atoms with Crippen molar-refractivity contribution >= 4 is 0 Å². The fraction of sp³-hybridized carbons (Fsp3) is 0.600. The summed E-state index contributed by atoms with van der Waals surface area (Å²) >= 11 is 0. The van der Waals surface area contributed by atoms with Crippen molar-refractivity contribution in [3.8, 4) is 0 Å². The van der Waals surface area contributed by atoms with E-state index in [-0.39, 0.29) is 6.61 Å². The first-order valence-corrected chi connectivity index (χ1v) is 5.53. The molecule has 9 nitrogen and oxygen atoms in total. The van der Waals surface area contributed by atoms with Crippen molar-refractivity contribution < 1.29 is 24.7 Å². The molecule has 1 fully saturated rings. The van der Waals surface area contributed by atoms with Crippen molar-refractivity contribution in [1.82, 2.24) is 9.55 Å². The maximum atomic E-state index is 11.6. The highest BCUT2D eigenvalue weighted by Gasteiger charge is 2.44. The fourth-order valence-electron chi connectivity index (χ4n) is 1.86. The molecular weight excluding hydrogens is 260 g/mol. The lowest BCUT2D eigenvalue weighted by Crippen LogP contribution is -2.37. The largest absolute Gasteiger partial charge is 0.387 e. The minimum Gasteiger partial charge on any atom is -0.387 e. The van der Waals surface area contributed by atoms with Crippen LogP contribution in [0.1, 0.15) is 6.23 Å². The molecule has 0 saturated carbocycles. The summed E-state index contributed by atoms with van der Waals surface area (Å²) < 4.78 is 6.32. The Balaban J connectivity index is 2.21.